The van der Waals surface area contributed by atoms with Crippen LogP contribution in [-0.4, -0.2) is 21.4 Å². The first kappa shape index (κ1) is 10.6. The van der Waals surface area contributed by atoms with E-state index >= 15 is 0 Å². The smallest absolute Gasteiger partial charge is 0.129 e. The summed E-state index contributed by atoms with van der Waals surface area (Å²) in [5.74, 6) is 0. The molecule has 0 aliphatic carbocycles. The van der Waals surface area contributed by atoms with E-state index in [1.54, 1.807) is 23.7 Å². The summed E-state index contributed by atoms with van der Waals surface area (Å²) < 4.78 is 5.52. The van der Waals surface area contributed by atoms with Crippen molar-refractivity contribution in [2.24, 2.45) is 0 Å². The number of anilines is 1. The Morgan fingerprint density at radius 2 is 2.24 bits per heavy atom. The fourth-order valence-corrected chi connectivity index (χ4v) is 3.53. The van der Waals surface area contributed by atoms with Gasteiger partial charge in [-0.1, -0.05) is 0 Å². The van der Waals surface area contributed by atoms with Crippen LogP contribution in [-0.2, 0) is 0 Å². The van der Waals surface area contributed by atoms with Crippen LogP contribution in [0.3, 0.4) is 0 Å². The summed E-state index contributed by atoms with van der Waals surface area (Å²) in [6, 6.07) is 1.99. The van der Waals surface area contributed by atoms with Crippen LogP contribution in [0.2, 0.25) is 0 Å². The Kier molecular flexibility index (Phi) is 2.53. The van der Waals surface area contributed by atoms with E-state index in [-0.39, 0.29) is 0 Å². The first-order chi connectivity index (χ1) is 8.29. The molecule has 0 spiro atoms. The molecule has 3 aromatic rings. The number of pyridine rings is 1. The molecule has 0 unspecified atom stereocenters. The summed E-state index contributed by atoms with van der Waals surface area (Å²) in [6.45, 7) is 2.01. The van der Waals surface area contributed by atoms with Crippen LogP contribution in [0.1, 0.15) is 5.69 Å². The van der Waals surface area contributed by atoms with Crippen molar-refractivity contribution in [1.29, 1.82) is 0 Å². The second kappa shape index (κ2) is 4.05. The maximum absolute atomic E-state index is 4.61. The van der Waals surface area contributed by atoms with Crippen molar-refractivity contribution in [3.8, 4) is 10.6 Å². The molecule has 86 valence electrons. The molecule has 0 saturated heterocycles. The number of thiazole rings is 1. The Labute approximate surface area is 107 Å². The molecular formula is C11H10N4S2. The lowest BCUT2D eigenvalue weighted by Gasteiger charge is -1.98. The number of hydrogen-bond donors (Lipinski definition) is 1. The summed E-state index contributed by atoms with van der Waals surface area (Å²) in [6.07, 6.45) is 3.59. The molecule has 3 rings (SSSR count). The zero-order chi connectivity index (χ0) is 11.8. The second-order valence-corrected chi connectivity index (χ2v) is 5.39. The van der Waals surface area contributed by atoms with Gasteiger partial charge in [-0.3, -0.25) is 4.98 Å². The lowest BCUT2D eigenvalue weighted by atomic mass is 10.2. The minimum absolute atomic E-state index is 0.945. The van der Waals surface area contributed by atoms with Gasteiger partial charge >= 0.3 is 0 Å². The Bertz CT molecular complexity index is 638. The van der Waals surface area contributed by atoms with Crippen molar-refractivity contribution >= 4 is 38.1 Å². The number of hydrogen-bond acceptors (Lipinski definition) is 6. The fraction of sp³-hybridized carbons (Fsp3) is 0.182. The highest BCUT2D eigenvalue weighted by molar-refractivity contribution is 7.22. The van der Waals surface area contributed by atoms with Crippen LogP contribution in [0.5, 0.6) is 0 Å². The average molecular weight is 262 g/mol. The van der Waals surface area contributed by atoms with Crippen molar-refractivity contribution in [3.05, 3.63) is 24.2 Å². The predicted octanol–water partition coefficient (Wildman–Crippen LogP) is 3.16. The van der Waals surface area contributed by atoms with Crippen LogP contribution in [0.15, 0.2) is 18.5 Å². The van der Waals surface area contributed by atoms with Gasteiger partial charge in [-0.2, -0.15) is 4.37 Å². The summed E-state index contributed by atoms with van der Waals surface area (Å²) in [4.78, 5) is 8.70. The van der Waals surface area contributed by atoms with Gasteiger partial charge in [0.25, 0.3) is 0 Å². The Morgan fingerprint density at radius 3 is 3.00 bits per heavy atom. The van der Waals surface area contributed by atoms with Crippen molar-refractivity contribution in [3.63, 3.8) is 0 Å². The molecule has 0 fully saturated rings. The topological polar surface area (TPSA) is 50.7 Å². The van der Waals surface area contributed by atoms with Crippen LogP contribution >= 0.6 is 22.9 Å². The van der Waals surface area contributed by atoms with E-state index in [2.05, 4.69) is 19.7 Å². The zero-order valence-electron chi connectivity index (χ0n) is 9.39. The first-order valence-corrected chi connectivity index (χ1v) is 6.73. The summed E-state index contributed by atoms with van der Waals surface area (Å²) >= 11 is 3.15. The summed E-state index contributed by atoms with van der Waals surface area (Å²) in [5, 5.41) is 5.23. The molecule has 0 bridgehead atoms. The van der Waals surface area contributed by atoms with Gasteiger partial charge < -0.3 is 5.32 Å². The minimum atomic E-state index is 0.945. The standard InChI is InChI=1S/C11H10N4S2/c1-6-9(10(12-2)17-15-6)11-14-7-5-13-4-3-8(7)16-11/h3-5,12H,1-2H3. The number of aryl methyl sites for hydroxylation is 1. The molecule has 0 aliphatic heterocycles. The monoisotopic (exact) mass is 262 g/mol. The lowest BCUT2D eigenvalue weighted by Crippen LogP contribution is -1.87. The third-order valence-electron chi connectivity index (χ3n) is 2.49. The Hall–Kier alpha value is -1.53. The largest absolute Gasteiger partial charge is 0.378 e. The number of nitrogens with zero attached hydrogens (tertiary/aromatic N) is 3. The van der Waals surface area contributed by atoms with E-state index in [9.17, 15) is 0 Å². The van der Waals surface area contributed by atoms with Gasteiger partial charge in [0, 0.05) is 13.2 Å². The molecule has 3 heterocycles. The molecule has 4 nitrogen and oxygen atoms in total. The molecule has 0 amide bonds. The number of aromatic nitrogens is 3. The van der Waals surface area contributed by atoms with Crippen LogP contribution in [0.4, 0.5) is 5.00 Å². The molecule has 1 N–H and O–H groups in total. The van der Waals surface area contributed by atoms with Crippen LogP contribution in [0, 0.1) is 6.92 Å². The predicted molar refractivity (Wildman–Crippen MR) is 72.8 cm³/mol. The molecule has 17 heavy (non-hydrogen) atoms. The molecule has 0 atom stereocenters. The van der Waals surface area contributed by atoms with E-state index in [0.29, 0.717) is 0 Å². The maximum Gasteiger partial charge on any atom is 0.129 e. The molecular weight excluding hydrogens is 252 g/mol. The first-order valence-electron chi connectivity index (χ1n) is 5.14. The lowest BCUT2D eigenvalue weighted by molar-refractivity contribution is 1.32. The summed E-state index contributed by atoms with van der Waals surface area (Å²) in [7, 11) is 1.91. The number of fused-ring (bicyclic) bond motifs is 1. The number of nitrogens with one attached hydrogen (secondary N) is 1. The average Bonchev–Trinajstić information content (AvgIpc) is 2.91. The third-order valence-corrected chi connectivity index (χ3v) is 4.50. The van der Waals surface area contributed by atoms with Crippen molar-refractivity contribution < 1.29 is 0 Å². The van der Waals surface area contributed by atoms with Gasteiger partial charge in [0.2, 0.25) is 0 Å². The zero-order valence-corrected chi connectivity index (χ0v) is 11.0. The summed E-state index contributed by atoms with van der Waals surface area (Å²) in [5.41, 5.74) is 3.07. The van der Waals surface area contributed by atoms with E-state index < -0.39 is 0 Å². The highest BCUT2D eigenvalue weighted by atomic mass is 32.1. The molecule has 0 saturated carbocycles. The van der Waals surface area contributed by atoms with Crippen molar-refractivity contribution in [1.82, 2.24) is 14.3 Å². The Balaban J connectivity index is 2.23. The van der Waals surface area contributed by atoms with E-state index in [1.807, 2.05) is 20.0 Å². The molecule has 0 radical (unpaired) electrons. The van der Waals surface area contributed by atoms with Gasteiger partial charge in [-0.05, 0) is 24.5 Å². The fourth-order valence-electron chi connectivity index (χ4n) is 1.68. The molecule has 6 heteroatoms. The van der Waals surface area contributed by atoms with E-state index in [4.69, 9.17) is 0 Å². The highest BCUT2D eigenvalue weighted by Crippen LogP contribution is 2.38. The Morgan fingerprint density at radius 1 is 1.35 bits per heavy atom. The van der Waals surface area contributed by atoms with Crippen molar-refractivity contribution in [2.45, 2.75) is 6.92 Å². The van der Waals surface area contributed by atoms with Crippen LogP contribution in [0.25, 0.3) is 20.8 Å². The van der Waals surface area contributed by atoms with Gasteiger partial charge in [0.05, 0.1) is 22.2 Å². The molecule has 0 aliphatic rings. The quantitative estimate of drug-likeness (QED) is 0.770. The highest BCUT2D eigenvalue weighted by Gasteiger charge is 2.15. The van der Waals surface area contributed by atoms with E-state index in [1.165, 1.54) is 11.5 Å². The molecule has 3 aromatic heterocycles. The van der Waals surface area contributed by atoms with Gasteiger partial charge in [-0.15, -0.1) is 11.3 Å². The second-order valence-electron chi connectivity index (χ2n) is 3.58. The van der Waals surface area contributed by atoms with Crippen molar-refractivity contribution in [2.75, 3.05) is 12.4 Å². The van der Waals surface area contributed by atoms with Gasteiger partial charge in [0.1, 0.15) is 15.5 Å². The van der Waals surface area contributed by atoms with E-state index in [0.717, 1.165) is 31.5 Å². The third kappa shape index (κ3) is 1.69. The minimum Gasteiger partial charge on any atom is -0.378 e. The normalized spacial score (nSPS) is 10.9. The maximum atomic E-state index is 4.61. The van der Waals surface area contributed by atoms with Gasteiger partial charge in [-0.25, -0.2) is 4.98 Å². The van der Waals surface area contributed by atoms with Gasteiger partial charge in [0.15, 0.2) is 0 Å². The molecule has 0 aromatic carbocycles. The van der Waals surface area contributed by atoms with Crippen LogP contribution < -0.4 is 5.32 Å². The number of rotatable bonds is 2. The SMILES string of the molecule is CNc1snc(C)c1-c1nc2cnccc2s1.